The standard InChI is InChI=1S/C18H21N5O/c1-13-10-14(2)23(20-13)12-15-4-6-16(7-5-15)18(24)19-11-17-8-9-22(3)21-17/h4-10H,11-12H2,1-3H3,(H,19,24). The number of benzene rings is 1. The fourth-order valence-electron chi connectivity index (χ4n) is 2.60. The Balaban J connectivity index is 1.61. The summed E-state index contributed by atoms with van der Waals surface area (Å²) in [5, 5.41) is 11.6. The lowest BCUT2D eigenvalue weighted by Gasteiger charge is -2.07. The average molecular weight is 323 g/mol. The van der Waals surface area contributed by atoms with Crippen LogP contribution in [-0.4, -0.2) is 25.5 Å². The lowest BCUT2D eigenvalue weighted by atomic mass is 10.1. The average Bonchev–Trinajstić information content (AvgIpc) is 3.11. The van der Waals surface area contributed by atoms with Crippen molar-refractivity contribution in [2.24, 2.45) is 7.05 Å². The predicted octanol–water partition coefficient (Wildman–Crippen LogP) is 2.21. The van der Waals surface area contributed by atoms with E-state index in [9.17, 15) is 4.79 Å². The maximum absolute atomic E-state index is 12.2. The summed E-state index contributed by atoms with van der Waals surface area (Å²) in [6.07, 6.45) is 1.86. The van der Waals surface area contributed by atoms with Crippen molar-refractivity contribution in [1.29, 1.82) is 0 Å². The van der Waals surface area contributed by atoms with Gasteiger partial charge < -0.3 is 5.32 Å². The third kappa shape index (κ3) is 3.71. The summed E-state index contributed by atoms with van der Waals surface area (Å²) in [5.41, 5.74) is 4.74. The minimum atomic E-state index is -0.0988. The van der Waals surface area contributed by atoms with Crippen molar-refractivity contribution in [2.75, 3.05) is 0 Å². The summed E-state index contributed by atoms with van der Waals surface area (Å²) in [4.78, 5) is 12.2. The van der Waals surface area contributed by atoms with Crippen LogP contribution in [-0.2, 0) is 20.1 Å². The normalized spacial score (nSPS) is 10.8. The zero-order valence-electron chi connectivity index (χ0n) is 14.2. The van der Waals surface area contributed by atoms with E-state index in [0.29, 0.717) is 18.7 Å². The number of carbonyl (C=O) groups excluding carboxylic acids is 1. The first-order valence-electron chi connectivity index (χ1n) is 7.88. The van der Waals surface area contributed by atoms with Crippen LogP contribution in [0.2, 0.25) is 0 Å². The van der Waals surface area contributed by atoms with E-state index in [4.69, 9.17) is 0 Å². The molecule has 0 unspecified atom stereocenters. The molecule has 2 aromatic heterocycles. The molecular formula is C18H21N5O. The van der Waals surface area contributed by atoms with Crippen molar-refractivity contribution in [3.8, 4) is 0 Å². The molecule has 3 rings (SSSR count). The van der Waals surface area contributed by atoms with Crippen molar-refractivity contribution in [3.05, 3.63) is 70.8 Å². The second kappa shape index (κ2) is 6.70. The topological polar surface area (TPSA) is 64.7 Å². The van der Waals surface area contributed by atoms with E-state index in [2.05, 4.69) is 21.6 Å². The van der Waals surface area contributed by atoms with Gasteiger partial charge in [-0.2, -0.15) is 10.2 Å². The molecule has 0 aliphatic heterocycles. The van der Waals surface area contributed by atoms with Crippen LogP contribution in [0, 0.1) is 13.8 Å². The summed E-state index contributed by atoms with van der Waals surface area (Å²) >= 11 is 0. The number of amides is 1. The van der Waals surface area contributed by atoms with Crippen LogP contribution in [0.3, 0.4) is 0 Å². The molecule has 0 fully saturated rings. The molecule has 0 saturated heterocycles. The summed E-state index contributed by atoms with van der Waals surface area (Å²) in [7, 11) is 1.85. The van der Waals surface area contributed by atoms with E-state index in [-0.39, 0.29) is 5.91 Å². The Morgan fingerprint density at radius 3 is 2.46 bits per heavy atom. The van der Waals surface area contributed by atoms with Crippen LogP contribution < -0.4 is 5.32 Å². The minimum absolute atomic E-state index is 0.0988. The van der Waals surface area contributed by atoms with Crippen LogP contribution in [0.15, 0.2) is 42.6 Å². The molecule has 1 N–H and O–H groups in total. The molecule has 1 amide bonds. The number of aromatic nitrogens is 4. The number of hydrogen-bond acceptors (Lipinski definition) is 3. The summed E-state index contributed by atoms with van der Waals surface area (Å²) < 4.78 is 3.68. The van der Waals surface area contributed by atoms with E-state index in [1.807, 2.05) is 62.1 Å². The molecule has 0 atom stereocenters. The zero-order chi connectivity index (χ0) is 17.1. The monoisotopic (exact) mass is 323 g/mol. The first-order valence-corrected chi connectivity index (χ1v) is 7.88. The van der Waals surface area contributed by atoms with E-state index >= 15 is 0 Å². The Hall–Kier alpha value is -2.89. The van der Waals surface area contributed by atoms with E-state index in [1.165, 1.54) is 0 Å². The van der Waals surface area contributed by atoms with Gasteiger partial charge in [0.1, 0.15) is 0 Å². The molecule has 1 aromatic carbocycles. The largest absolute Gasteiger partial charge is 0.346 e. The Bertz CT molecular complexity index is 845. The lowest BCUT2D eigenvalue weighted by Crippen LogP contribution is -2.23. The van der Waals surface area contributed by atoms with Crippen molar-refractivity contribution >= 4 is 5.91 Å². The van der Waals surface area contributed by atoms with Crippen LogP contribution in [0.5, 0.6) is 0 Å². The second-order valence-corrected chi connectivity index (χ2v) is 5.95. The summed E-state index contributed by atoms with van der Waals surface area (Å²) in [6, 6.07) is 11.6. The molecule has 6 heteroatoms. The van der Waals surface area contributed by atoms with Gasteiger partial charge in [0.2, 0.25) is 0 Å². The zero-order valence-corrected chi connectivity index (χ0v) is 14.2. The quantitative estimate of drug-likeness (QED) is 0.783. The van der Waals surface area contributed by atoms with Crippen LogP contribution in [0.1, 0.15) is 33.0 Å². The van der Waals surface area contributed by atoms with Crippen LogP contribution >= 0.6 is 0 Å². The third-order valence-electron chi connectivity index (χ3n) is 3.85. The molecule has 0 aliphatic carbocycles. The molecule has 3 aromatic rings. The maximum atomic E-state index is 12.2. The van der Waals surface area contributed by atoms with Gasteiger partial charge in [-0.25, -0.2) is 0 Å². The van der Waals surface area contributed by atoms with E-state index < -0.39 is 0 Å². The van der Waals surface area contributed by atoms with Gasteiger partial charge in [0.25, 0.3) is 5.91 Å². The Morgan fingerprint density at radius 1 is 1.12 bits per heavy atom. The second-order valence-electron chi connectivity index (χ2n) is 5.95. The van der Waals surface area contributed by atoms with E-state index in [1.54, 1.807) is 4.68 Å². The fraction of sp³-hybridized carbons (Fsp3) is 0.278. The molecular weight excluding hydrogens is 302 g/mol. The summed E-state index contributed by atoms with van der Waals surface area (Å²) in [6.45, 7) is 5.15. The van der Waals surface area contributed by atoms with Gasteiger partial charge in [-0.15, -0.1) is 0 Å². The van der Waals surface area contributed by atoms with Crippen molar-refractivity contribution < 1.29 is 4.79 Å². The third-order valence-corrected chi connectivity index (χ3v) is 3.85. The number of nitrogens with zero attached hydrogens (tertiary/aromatic N) is 4. The highest BCUT2D eigenvalue weighted by atomic mass is 16.1. The van der Waals surface area contributed by atoms with Gasteiger partial charge >= 0.3 is 0 Å². The SMILES string of the molecule is Cc1cc(C)n(Cc2ccc(C(=O)NCc3ccn(C)n3)cc2)n1. The van der Waals surface area contributed by atoms with Crippen LogP contribution in [0.25, 0.3) is 0 Å². The predicted molar refractivity (Wildman–Crippen MR) is 91.6 cm³/mol. The molecule has 0 saturated carbocycles. The van der Waals surface area contributed by atoms with Gasteiger partial charge in [-0.3, -0.25) is 14.2 Å². The van der Waals surface area contributed by atoms with Crippen molar-refractivity contribution in [3.63, 3.8) is 0 Å². The molecule has 6 nitrogen and oxygen atoms in total. The van der Waals surface area contributed by atoms with Gasteiger partial charge in [0, 0.05) is 24.5 Å². The number of rotatable bonds is 5. The van der Waals surface area contributed by atoms with Gasteiger partial charge in [-0.05, 0) is 43.7 Å². The summed E-state index contributed by atoms with van der Waals surface area (Å²) in [5.74, 6) is -0.0988. The van der Waals surface area contributed by atoms with Gasteiger partial charge in [-0.1, -0.05) is 12.1 Å². The van der Waals surface area contributed by atoms with Crippen LogP contribution in [0.4, 0.5) is 0 Å². The highest BCUT2D eigenvalue weighted by Crippen LogP contribution is 2.09. The highest BCUT2D eigenvalue weighted by molar-refractivity contribution is 5.94. The van der Waals surface area contributed by atoms with Crippen molar-refractivity contribution in [1.82, 2.24) is 24.9 Å². The van der Waals surface area contributed by atoms with E-state index in [0.717, 1.165) is 22.6 Å². The molecule has 2 heterocycles. The Morgan fingerprint density at radius 2 is 1.88 bits per heavy atom. The molecule has 0 radical (unpaired) electrons. The Labute approximate surface area is 141 Å². The number of aryl methyl sites for hydroxylation is 3. The van der Waals surface area contributed by atoms with Crippen molar-refractivity contribution in [2.45, 2.75) is 26.9 Å². The number of hydrogen-bond donors (Lipinski definition) is 1. The van der Waals surface area contributed by atoms with Gasteiger partial charge in [0.15, 0.2) is 0 Å². The number of carbonyl (C=O) groups is 1. The smallest absolute Gasteiger partial charge is 0.251 e. The van der Waals surface area contributed by atoms with Gasteiger partial charge in [0.05, 0.1) is 24.5 Å². The fourth-order valence-corrected chi connectivity index (χ4v) is 2.60. The molecule has 0 bridgehead atoms. The first-order chi connectivity index (χ1) is 11.5. The molecule has 124 valence electrons. The maximum Gasteiger partial charge on any atom is 0.251 e. The number of nitrogens with one attached hydrogen (secondary N) is 1. The first kappa shape index (κ1) is 16.0. The Kier molecular flexibility index (Phi) is 4.46. The lowest BCUT2D eigenvalue weighted by molar-refractivity contribution is 0.0950. The molecule has 0 spiro atoms. The highest BCUT2D eigenvalue weighted by Gasteiger charge is 2.07. The minimum Gasteiger partial charge on any atom is -0.346 e. The molecule has 24 heavy (non-hydrogen) atoms. The molecule has 0 aliphatic rings.